The van der Waals surface area contributed by atoms with Gasteiger partial charge in [0.25, 0.3) is 0 Å². The lowest BCUT2D eigenvalue weighted by Crippen LogP contribution is -2.41. The molecule has 0 spiro atoms. The molecule has 0 fully saturated rings. The zero-order chi connectivity index (χ0) is 18.6. The molecule has 0 aliphatic heterocycles. The van der Waals surface area contributed by atoms with E-state index < -0.39 is 32.8 Å². The number of carbonyl (C=O) groups excluding carboxylic acids is 1. The van der Waals surface area contributed by atoms with Gasteiger partial charge in [-0.25, -0.2) is 13.2 Å². The Balaban J connectivity index is 2.16. The van der Waals surface area contributed by atoms with E-state index in [0.29, 0.717) is 5.69 Å². The molecule has 0 aliphatic carbocycles. The van der Waals surface area contributed by atoms with Crippen LogP contribution in [0.3, 0.4) is 0 Å². The van der Waals surface area contributed by atoms with Gasteiger partial charge in [0.15, 0.2) is 0 Å². The molecule has 132 valence electrons. The fraction of sp³-hybridized carbons (Fsp3) is 0.125. The van der Waals surface area contributed by atoms with Crippen molar-refractivity contribution in [3.8, 4) is 5.75 Å². The highest BCUT2D eigenvalue weighted by atomic mass is 32.2. The molecule has 0 aromatic heterocycles. The lowest BCUT2D eigenvalue weighted by molar-refractivity contribution is -0.117. The van der Waals surface area contributed by atoms with Gasteiger partial charge in [0.1, 0.15) is 5.75 Å². The second kappa shape index (κ2) is 7.32. The Morgan fingerprint density at radius 1 is 1.04 bits per heavy atom. The third kappa shape index (κ3) is 4.55. The van der Waals surface area contributed by atoms with Crippen LogP contribution >= 0.6 is 0 Å². The Morgan fingerprint density at radius 3 is 2.24 bits per heavy atom. The molecule has 0 heterocycles. The smallest absolute Gasteiger partial charge is 0.337 e. The van der Waals surface area contributed by atoms with Crippen LogP contribution in [0.25, 0.3) is 0 Å². The van der Waals surface area contributed by atoms with Gasteiger partial charge in [-0.15, -0.1) is 0 Å². The molecule has 0 aliphatic rings. The van der Waals surface area contributed by atoms with Crippen molar-refractivity contribution in [3.63, 3.8) is 0 Å². The summed E-state index contributed by atoms with van der Waals surface area (Å²) in [5, 5.41) is 20.8. The maximum atomic E-state index is 12.4. The summed E-state index contributed by atoms with van der Waals surface area (Å²) >= 11 is 0. The number of aromatic hydroxyl groups is 1. The minimum absolute atomic E-state index is 0.0250. The third-order valence-electron chi connectivity index (χ3n) is 3.27. The monoisotopic (exact) mass is 364 g/mol. The molecule has 0 radical (unpaired) electrons. The van der Waals surface area contributed by atoms with E-state index in [1.807, 2.05) is 0 Å². The van der Waals surface area contributed by atoms with Crippen LogP contribution in [0, 0.1) is 0 Å². The van der Waals surface area contributed by atoms with Crippen LogP contribution in [0.1, 0.15) is 17.3 Å². The predicted molar refractivity (Wildman–Crippen MR) is 89.9 cm³/mol. The molecular weight excluding hydrogens is 348 g/mol. The predicted octanol–water partition coefficient (Wildman–Crippen LogP) is 1.40. The fourth-order valence-electron chi connectivity index (χ4n) is 2.02. The number of anilines is 1. The summed E-state index contributed by atoms with van der Waals surface area (Å²) in [5.74, 6) is -2.00. The van der Waals surface area contributed by atoms with Crippen molar-refractivity contribution in [2.24, 2.45) is 0 Å². The molecule has 0 saturated heterocycles. The lowest BCUT2D eigenvalue weighted by atomic mass is 10.2. The summed E-state index contributed by atoms with van der Waals surface area (Å²) in [5.41, 5.74) is -0.0130. The van der Waals surface area contributed by atoms with Gasteiger partial charge in [0.05, 0.1) is 16.5 Å². The number of sulfonamides is 1. The van der Waals surface area contributed by atoms with Gasteiger partial charge in [0, 0.05) is 5.69 Å². The molecule has 8 nitrogen and oxygen atoms in total. The van der Waals surface area contributed by atoms with Crippen LogP contribution in [-0.4, -0.2) is 36.5 Å². The number of amides is 1. The van der Waals surface area contributed by atoms with Crippen molar-refractivity contribution < 1.29 is 28.2 Å². The quantitative estimate of drug-likeness (QED) is 0.573. The van der Waals surface area contributed by atoms with Gasteiger partial charge in [-0.1, -0.05) is 12.1 Å². The molecule has 0 saturated carbocycles. The van der Waals surface area contributed by atoms with Crippen molar-refractivity contribution in [1.82, 2.24) is 4.72 Å². The first-order valence-electron chi connectivity index (χ1n) is 7.15. The molecule has 2 aromatic rings. The van der Waals surface area contributed by atoms with Crippen LogP contribution in [0.2, 0.25) is 0 Å². The average Bonchev–Trinajstić information content (AvgIpc) is 2.56. The van der Waals surface area contributed by atoms with E-state index in [0.717, 1.165) is 12.1 Å². The first-order chi connectivity index (χ1) is 11.7. The molecule has 25 heavy (non-hydrogen) atoms. The number of rotatable bonds is 6. The van der Waals surface area contributed by atoms with Gasteiger partial charge in [0.2, 0.25) is 15.9 Å². The molecule has 1 atom stereocenters. The Kier molecular flexibility index (Phi) is 5.40. The molecule has 9 heteroatoms. The Labute approximate surface area is 144 Å². The summed E-state index contributed by atoms with van der Waals surface area (Å²) in [7, 11) is -4.21. The SMILES string of the molecule is CC(NS(=O)(=O)c1ccccc1C(=O)O)C(=O)Nc1ccc(O)cc1. The van der Waals surface area contributed by atoms with Gasteiger partial charge in [-0.2, -0.15) is 4.72 Å². The largest absolute Gasteiger partial charge is 0.508 e. The highest BCUT2D eigenvalue weighted by Crippen LogP contribution is 2.17. The van der Waals surface area contributed by atoms with E-state index >= 15 is 0 Å². The lowest BCUT2D eigenvalue weighted by Gasteiger charge is -2.15. The zero-order valence-electron chi connectivity index (χ0n) is 13.1. The first-order valence-corrected chi connectivity index (χ1v) is 8.63. The number of hydrogen-bond donors (Lipinski definition) is 4. The number of aromatic carboxylic acids is 1. The maximum Gasteiger partial charge on any atom is 0.337 e. The number of carbonyl (C=O) groups is 2. The van der Waals surface area contributed by atoms with Crippen LogP contribution in [0.5, 0.6) is 5.75 Å². The van der Waals surface area contributed by atoms with E-state index in [1.165, 1.54) is 43.3 Å². The topological polar surface area (TPSA) is 133 Å². The number of carboxylic acid groups (broad SMARTS) is 1. The minimum Gasteiger partial charge on any atom is -0.508 e. The molecule has 0 bridgehead atoms. The number of phenolic OH excluding ortho intramolecular Hbond substituents is 1. The summed E-state index contributed by atoms with van der Waals surface area (Å²) in [6.07, 6.45) is 0. The number of phenols is 1. The summed E-state index contributed by atoms with van der Waals surface area (Å²) < 4.78 is 26.9. The summed E-state index contributed by atoms with van der Waals surface area (Å²) in [6.45, 7) is 1.33. The average molecular weight is 364 g/mol. The fourth-order valence-corrected chi connectivity index (χ4v) is 3.42. The highest BCUT2D eigenvalue weighted by molar-refractivity contribution is 7.89. The van der Waals surface area contributed by atoms with Crippen molar-refractivity contribution in [2.45, 2.75) is 17.9 Å². The van der Waals surface area contributed by atoms with Gasteiger partial charge in [-0.3, -0.25) is 4.79 Å². The number of hydrogen-bond acceptors (Lipinski definition) is 5. The van der Waals surface area contributed by atoms with Crippen molar-refractivity contribution in [3.05, 3.63) is 54.1 Å². The van der Waals surface area contributed by atoms with E-state index in [-0.39, 0.29) is 11.3 Å². The van der Waals surface area contributed by atoms with Crippen LogP contribution in [0.15, 0.2) is 53.4 Å². The summed E-state index contributed by atoms with van der Waals surface area (Å²) in [4.78, 5) is 22.8. The third-order valence-corrected chi connectivity index (χ3v) is 4.87. The summed E-state index contributed by atoms with van der Waals surface area (Å²) in [6, 6.07) is 9.60. The Bertz CT molecular complexity index is 893. The maximum absolute atomic E-state index is 12.4. The van der Waals surface area contributed by atoms with Crippen LogP contribution in [0.4, 0.5) is 5.69 Å². The van der Waals surface area contributed by atoms with Gasteiger partial charge >= 0.3 is 5.97 Å². The highest BCUT2D eigenvalue weighted by Gasteiger charge is 2.26. The van der Waals surface area contributed by atoms with E-state index in [1.54, 1.807) is 0 Å². The van der Waals surface area contributed by atoms with E-state index in [4.69, 9.17) is 5.11 Å². The van der Waals surface area contributed by atoms with Gasteiger partial charge < -0.3 is 15.5 Å². The van der Waals surface area contributed by atoms with Crippen molar-refractivity contribution in [1.29, 1.82) is 0 Å². The number of benzene rings is 2. The Morgan fingerprint density at radius 2 is 1.64 bits per heavy atom. The van der Waals surface area contributed by atoms with Gasteiger partial charge in [-0.05, 0) is 43.3 Å². The number of carboxylic acids is 1. The first kappa shape index (κ1) is 18.4. The van der Waals surface area contributed by atoms with Crippen LogP contribution < -0.4 is 10.0 Å². The molecule has 4 N–H and O–H groups in total. The second-order valence-electron chi connectivity index (χ2n) is 5.18. The zero-order valence-corrected chi connectivity index (χ0v) is 13.9. The molecule has 2 aromatic carbocycles. The van der Waals surface area contributed by atoms with E-state index in [2.05, 4.69) is 10.0 Å². The molecule has 1 amide bonds. The molecular formula is C16H16N2O6S. The van der Waals surface area contributed by atoms with Crippen molar-refractivity contribution in [2.75, 3.05) is 5.32 Å². The standard InChI is InChI=1S/C16H16N2O6S/c1-10(15(20)17-11-6-8-12(19)9-7-11)18-25(23,24)14-5-3-2-4-13(14)16(21)22/h2-10,18-19H,1H3,(H,17,20)(H,21,22). The normalized spacial score (nSPS) is 12.4. The Hall–Kier alpha value is -2.91. The van der Waals surface area contributed by atoms with Crippen molar-refractivity contribution >= 4 is 27.6 Å². The second-order valence-corrected chi connectivity index (χ2v) is 6.86. The minimum atomic E-state index is -4.21. The number of nitrogens with one attached hydrogen (secondary N) is 2. The van der Waals surface area contributed by atoms with Crippen LogP contribution in [-0.2, 0) is 14.8 Å². The van der Waals surface area contributed by atoms with E-state index in [9.17, 15) is 23.1 Å². The molecule has 1 unspecified atom stereocenters. The molecule has 2 rings (SSSR count).